The van der Waals surface area contributed by atoms with E-state index < -0.39 is 14.9 Å². The third-order valence-corrected chi connectivity index (χ3v) is 5.30. The summed E-state index contributed by atoms with van der Waals surface area (Å²) < 4.78 is 27.2. The lowest BCUT2D eigenvalue weighted by molar-refractivity contribution is -0.385. The summed E-state index contributed by atoms with van der Waals surface area (Å²) in [4.78, 5) is 10.3. The molecule has 0 atom stereocenters. The number of nitrogens with zero attached hydrogens (tertiary/aromatic N) is 1. The van der Waals surface area contributed by atoms with Crippen molar-refractivity contribution in [1.82, 2.24) is 4.72 Å². The highest BCUT2D eigenvalue weighted by Gasteiger charge is 2.25. The summed E-state index contributed by atoms with van der Waals surface area (Å²) in [7, 11) is -3.75. The van der Waals surface area contributed by atoms with E-state index >= 15 is 0 Å². The van der Waals surface area contributed by atoms with E-state index in [1.165, 1.54) is 12.1 Å². The van der Waals surface area contributed by atoms with E-state index in [0.717, 1.165) is 18.9 Å². The van der Waals surface area contributed by atoms with E-state index in [0.29, 0.717) is 18.4 Å². The molecule has 1 aromatic rings. The zero-order valence-electron chi connectivity index (χ0n) is 12.2. The van der Waals surface area contributed by atoms with E-state index in [2.05, 4.69) is 4.72 Å². The molecule has 9 heteroatoms. The van der Waals surface area contributed by atoms with Gasteiger partial charge in [0.1, 0.15) is 0 Å². The fourth-order valence-corrected chi connectivity index (χ4v) is 3.80. The molecule has 0 bridgehead atoms. The molecule has 3 N–H and O–H groups in total. The van der Waals surface area contributed by atoms with Crippen molar-refractivity contribution in [3.8, 4) is 0 Å². The number of nitrogens with one attached hydrogen (secondary N) is 1. The second-order valence-corrected chi connectivity index (χ2v) is 7.15. The number of nitrogens with two attached hydrogens (primary N) is 1. The molecule has 0 unspecified atom stereocenters. The number of aryl methyl sites for hydroxylation is 1. The molecular weight excluding hydrogens is 330 g/mol. The molecule has 0 aliphatic heterocycles. The van der Waals surface area contributed by atoms with Crippen LogP contribution in [0.5, 0.6) is 0 Å². The minimum absolute atomic E-state index is 0. The van der Waals surface area contributed by atoms with Crippen LogP contribution < -0.4 is 10.5 Å². The van der Waals surface area contributed by atoms with Gasteiger partial charge in [-0.15, -0.1) is 12.4 Å². The third kappa shape index (κ3) is 4.39. The van der Waals surface area contributed by atoms with Crippen molar-refractivity contribution in [2.24, 2.45) is 5.73 Å². The standard InChI is InChI=1S/C13H19N3O4S.ClH/c1-9-2-7-12(8-13(9)16(17)18)21(19,20)15-11-5-3-10(14)4-6-11;/h2,7-8,10-11,15H,3-6,14H2,1H3;1H. The van der Waals surface area contributed by atoms with Crippen LogP contribution in [0.1, 0.15) is 31.2 Å². The minimum atomic E-state index is -3.75. The zero-order valence-corrected chi connectivity index (χ0v) is 13.8. The van der Waals surface area contributed by atoms with Gasteiger partial charge in [-0.3, -0.25) is 10.1 Å². The van der Waals surface area contributed by atoms with Crippen molar-refractivity contribution in [2.45, 2.75) is 49.6 Å². The first-order valence-corrected chi connectivity index (χ1v) is 8.31. The Kier molecular flexibility index (Phi) is 6.30. The maximum absolute atomic E-state index is 12.3. The lowest BCUT2D eigenvalue weighted by Crippen LogP contribution is -2.40. The van der Waals surface area contributed by atoms with Gasteiger partial charge in [-0.05, 0) is 38.7 Å². The van der Waals surface area contributed by atoms with Gasteiger partial charge in [0, 0.05) is 23.7 Å². The first kappa shape index (κ1) is 18.8. The van der Waals surface area contributed by atoms with Crippen molar-refractivity contribution >= 4 is 28.1 Å². The summed E-state index contributed by atoms with van der Waals surface area (Å²) in [6, 6.07) is 3.91. The van der Waals surface area contributed by atoms with Crippen LogP contribution in [0.15, 0.2) is 23.1 Å². The van der Waals surface area contributed by atoms with Gasteiger partial charge in [-0.1, -0.05) is 6.07 Å². The Hall–Kier alpha value is -1.22. The second kappa shape index (κ2) is 7.36. The fourth-order valence-electron chi connectivity index (χ4n) is 2.48. The summed E-state index contributed by atoms with van der Waals surface area (Å²) >= 11 is 0. The van der Waals surface area contributed by atoms with Gasteiger partial charge < -0.3 is 5.73 Å². The molecule has 124 valence electrons. The number of hydrogen-bond donors (Lipinski definition) is 2. The van der Waals surface area contributed by atoms with Crippen molar-refractivity contribution in [3.63, 3.8) is 0 Å². The molecular formula is C13H20ClN3O4S. The van der Waals surface area contributed by atoms with E-state index in [9.17, 15) is 18.5 Å². The van der Waals surface area contributed by atoms with E-state index in [-0.39, 0.29) is 35.1 Å². The number of rotatable bonds is 4. The quantitative estimate of drug-likeness (QED) is 0.636. The summed E-state index contributed by atoms with van der Waals surface area (Å²) in [6.07, 6.45) is 2.94. The number of nitro benzene ring substituents is 1. The van der Waals surface area contributed by atoms with Crippen molar-refractivity contribution in [2.75, 3.05) is 0 Å². The number of sulfonamides is 1. The Bertz CT molecular complexity index is 643. The molecule has 0 heterocycles. The van der Waals surface area contributed by atoms with Gasteiger partial charge in [0.15, 0.2) is 0 Å². The first-order valence-electron chi connectivity index (χ1n) is 6.82. The fraction of sp³-hybridized carbons (Fsp3) is 0.538. The van der Waals surface area contributed by atoms with Crippen LogP contribution in [-0.2, 0) is 10.0 Å². The average molecular weight is 350 g/mol. The van der Waals surface area contributed by atoms with Crippen molar-refractivity contribution in [3.05, 3.63) is 33.9 Å². The highest BCUT2D eigenvalue weighted by molar-refractivity contribution is 7.89. The Morgan fingerprint density at radius 2 is 1.86 bits per heavy atom. The van der Waals surface area contributed by atoms with Crippen LogP contribution in [0.25, 0.3) is 0 Å². The molecule has 2 rings (SSSR count). The normalized spacial score (nSPS) is 21.9. The summed E-state index contributed by atoms with van der Waals surface area (Å²) in [5.41, 5.74) is 6.03. The van der Waals surface area contributed by atoms with E-state index in [1.807, 2.05) is 0 Å². The highest BCUT2D eigenvalue weighted by Crippen LogP contribution is 2.24. The van der Waals surface area contributed by atoms with Gasteiger partial charge in [0.25, 0.3) is 5.69 Å². The van der Waals surface area contributed by atoms with Gasteiger partial charge in [0.2, 0.25) is 10.0 Å². The van der Waals surface area contributed by atoms with Crippen LogP contribution in [0, 0.1) is 17.0 Å². The lowest BCUT2D eigenvalue weighted by atomic mass is 9.93. The summed E-state index contributed by atoms with van der Waals surface area (Å²) in [5, 5.41) is 10.9. The Balaban J connectivity index is 0.00000242. The smallest absolute Gasteiger partial charge is 0.273 e. The topological polar surface area (TPSA) is 115 Å². The highest BCUT2D eigenvalue weighted by atomic mass is 35.5. The summed E-state index contributed by atoms with van der Waals surface area (Å²) in [6.45, 7) is 1.57. The maximum atomic E-state index is 12.3. The zero-order chi connectivity index (χ0) is 15.6. The Labute approximate surface area is 135 Å². The molecule has 1 aliphatic carbocycles. The number of halogens is 1. The average Bonchev–Trinajstić information content (AvgIpc) is 2.41. The maximum Gasteiger partial charge on any atom is 0.273 e. The van der Waals surface area contributed by atoms with E-state index in [4.69, 9.17) is 5.73 Å². The number of nitro groups is 1. The van der Waals surface area contributed by atoms with Crippen LogP contribution >= 0.6 is 12.4 Å². The largest absolute Gasteiger partial charge is 0.328 e. The van der Waals surface area contributed by atoms with Crippen LogP contribution in [0.4, 0.5) is 5.69 Å². The van der Waals surface area contributed by atoms with Gasteiger partial charge in [-0.2, -0.15) is 0 Å². The molecule has 0 radical (unpaired) electrons. The van der Waals surface area contributed by atoms with E-state index in [1.54, 1.807) is 6.92 Å². The number of benzene rings is 1. The first-order chi connectivity index (χ1) is 9.79. The summed E-state index contributed by atoms with van der Waals surface area (Å²) in [5.74, 6) is 0. The molecule has 7 nitrogen and oxygen atoms in total. The van der Waals surface area contributed by atoms with Gasteiger partial charge >= 0.3 is 0 Å². The van der Waals surface area contributed by atoms with Crippen molar-refractivity contribution < 1.29 is 13.3 Å². The monoisotopic (exact) mass is 349 g/mol. The molecule has 1 aliphatic rings. The molecule has 0 amide bonds. The Morgan fingerprint density at radius 1 is 1.27 bits per heavy atom. The lowest BCUT2D eigenvalue weighted by Gasteiger charge is -2.26. The molecule has 1 saturated carbocycles. The molecule has 0 aromatic heterocycles. The predicted molar refractivity (Wildman–Crippen MR) is 85.6 cm³/mol. The van der Waals surface area contributed by atoms with Crippen LogP contribution in [-0.4, -0.2) is 25.4 Å². The van der Waals surface area contributed by atoms with Gasteiger partial charge in [-0.25, -0.2) is 13.1 Å². The molecule has 1 aromatic carbocycles. The molecule has 22 heavy (non-hydrogen) atoms. The number of hydrogen-bond acceptors (Lipinski definition) is 5. The van der Waals surface area contributed by atoms with Crippen LogP contribution in [0.3, 0.4) is 0 Å². The third-order valence-electron chi connectivity index (χ3n) is 3.78. The second-order valence-electron chi connectivity index (χ2n) is 5.44. The Morgan fingerprint density at radius 3 is 2.41 bits per heavy atom. The van der Waals surface area contributed by atoms with Gasteiger partial charge in [0.05, 0.1) is 9.82 Å². The molecule has 0 spiro atoms. The minimum Gasteiger partial charge on any atom is -0.328 e. The molecule has 0 saturated heterocycles. The van der Waals surface area contributed by atoms with Crippen LogP contribution in [0.2, 0.25) is 0 Å². The predicted octanol–water partition coefficient (Wildman–Crippen LogP) is 1.87. The molecule has 1 fully saturated rings. The SMILES string of the molecule is Cc1ccc(S(=O)(=O)NC2CCC(N)CC2)cc1[N+](=O)[O-].Cl. The van der Waals surface area contributed by atoms with Crippen molar-refractivity contribution in [1.29, 1.82) is 0 Å².